The van der Waals surface area contributed by atoms with Crippen molar-refractivity contribution in [2.45, 2.75) is 25.1 Å². The summed E-state index contributed by atoms with van der Waals surface area (Å²) < 4.78 is 1.47. The number of nitrogens with one attached hydrogen (secondary N) is 1. The van der Waals surface area contributed by atoms with Gasteiger partial charge < -0.3 is 10.4 Å². The summed E-state index contributed by atoms with van der Waals surface area (Å²) in [7, 11) is 0. The molecule has 0 saturated heterocycles. The van der Waals surface area contributed by atoms with Gasteiger partial charge in [0.2, 0.25) is 0 Å². The third-order valence-electron chi connectivity index (χ3n) is 4.44. The molecular formula is C19H17Cl3N4O2. The van der Waals surface area contributed by atoms with Crippen molar-refractivity contribution in [3.63, 3.8) is 0 Å². The van der Waals surface area contributed by atoms with Crippen molar-refractivity contribution < 1.29 is 9.90 Å². The first-order valence-corrected chi connectivity index (χ1v) is 9.50. The fourth-order valence-electron chi connectivity index (χ4n) is 2.86. The highest BCUT2D eigenvalue weighted by Crippen LogP contribution is 2.34. The van der Waals surface area contributed by atoms with Crippen LogP contribution in [0.2, 0.25) is 15.1 Å². The van der Waals surface area contributed by atoms with Crippen molar-refractivity contribution in [3.05, 3.63) is 81.3 Å². The first-order valence-electron chi connectivity index (χ1n) is 8.36. The summed E-state index contributed by atoms with van der Waals surface area (Å²) in [6.07, 6.45) is 2.84. The molecule has 2 unspecified atom stereocenters. The maximum Gasteiger partial charge on any atom is 0.251 e. The molecule has 3 rings (SSSR count). The van der Waals surface area contributed by atoms with E-state index < -0.39 is 11.6 Å². The van der Waals surface area contributed by atoms with Crippen molar-refractivity contribution in [2.24, 2.45) is 0 Å². The highest BCUT2D eigenvalue weighted by molar-refractivity contribution is 6.35. The summed E-state index contributed by atoms with van der Waals surface area (Å²) in [4.78, 5) is 16.5. The molecular weight excluding hydrogens is 423 g/mol. The zero-order chi connectivity index (χ0) is 20.3. The Morgan fingerprint density at radius 1 is 1.18 bits per heavy atom. The lowest BCUT2D eigenvalue weighted by Gasteiger charge is -2.35. The Labute approximate surface area is 177 Å². The van der Waals surface area contributed by atoms with E-state index in [9.17, 15) is 9.90 Å². The number of hydrogen-bond donors (Lipinski definition) is 2. The lowest BCUT2D eigenvalue weighted by molar-refractivity contribution is -0.0155. The molecule has 0 aliphatic heterocycles. The Balaban J connectivity index is 1.93. The van der Waals surface area contributed by atoms with Gasteiger partial charge in [-0.3, -0.25) is 4.79 Å². The van der Waals surface area contributed by atoms with E-state index in [1.165, 1.54) is 17.3 Å². The smallest absolute Gasteiger partial charge is 0.251 e. The van der Waals surface area contributed by atoms with Gasteiger partial charge >= 0.3 is 0 Å². The number of aromatic nitrogens is 3. The number of carbonyl (C=O) groups excluding carboxylic acids is 1. The topological polar surface area (TPSA) is 80.0 Å². The average Bonchev–Trinajstić information content (AvgIpc) is 3.14. The molecule has 0 aliphatic rings. The van der Waals surface area contributed by atoms with Crippen LogP contribution in [0.5, 0.6) is 0 Å². The van der Waals surface area contributed by atoms with Crippen LogP contribution in [0.3, 0.4) is 0 Å². The Morgan fingerprint density at radius 3 is 2.46 bits per heavy atom. The van der Waals surface area contributed by atoms with Crippen LogP contribution in [0.25, 0.3) is 0 Å². The molecule has 9 heteroatoms. The lowest BCUT2D eigenvalue weighted by atomic mass is 9.86. The van der Waals surface area contributed by atoms with Gasteiger partial charge in [-0.1, -0.05) is 40.9 Å². The van der Waals surface area contributed by atoms with Gasteiger partial charge in [-0.2, -0.15) is 5.10 Å². The molecule has 0 saturated carbocycles. The first kappa shape index (κ1) is 20.6. The van der Waals surface area contributed by atoms with E-state index in [2.05, 4.69) is 15.4 Å². The van der Waals surface area contributed by atoms with Gasteiger partial charge in [0.15, 0.2) is 0 Å². The number of nitrogens with zero attached hydrogens (tertiary/aromatic N) is 3. The Morgan fingerprint density at radius 2 is 1.86 bits per heavy atom. The van der Waals surface area contributed by atoms with E-state index in [-0.39, 0.29) is 17.5 Å². The fraction of sp³-hybridized carbons (Fsp3) is 0.211. The van der Waals surface area contributed by atoms with Crippen LogP contribution in [-0.2, 0) is 12.1 Å². The monoisotopic (exact) mass is 438 g/mol. The molecule has 0 fully saturated rings. The largest absolute Gasteiger partial charge is 0.381 e. The maximum absolute atomic E-state index is 12.6. The minimum atomic E-state index is -1.57. The highest BCUT2D eigenvalue weighted by atomic mass is 35.5. The van der Waals surface area contributed by atoms with Crippen molar-refractivity contribution in [3.8, 4) is 0 Å². The van der Waals surface area contributed by atoms with Gasteiger partial charge in [0, 0.05) is 26.2 Å². The molecule has 146 valence electrons. The zero-order valence-corrected chi connectivity index (χ0v) is 17.1. The van der Waals surface area contributed by atoms with Crippen molar-refractivity contribution in [2.75, 3.05) is 0 Å². The van der Waals surface area contributed by atoms with E-state index in [1.54, 1.807) is 49.4 Å². The van der Waals surface area contributed by atoms with Crippen LogP contribution in [0.15, 0.2) is 55.1 Å². The normalized spacial score (nSPS) is 14.3. The third-order valence-corrected chi connectivity index (χ3v) is 5.24. The van der Waals surface area contributed by atoms with Crippen LogP contribution in [0.1, 0.15) is 22.8 Å². The molecule has 6 nitrogen and oxygen atoms in total. The summed E-state index contributed by atoms with van der Waals surface area (Å²) in [5.41, 5.74) is -0.739. The predicted octanol–water partition coefficient (Wildman–Crippen LogP) is 3.94. The molecule has 3 aromatic rings. The van der Waals surface area contributed by atoms with Gasteiger partial charge in [-0.15, -0.1) is 0 Å². The molecule has 0 radical (unpaired) electrons. The first-order chi connectivity index (χ1) is 13.3. The minimum absolute atomic E-state index is 0.0242. The summed E-state index contributed by atoms with van der Waals surface area (Å²) in [5.74, 6) is -0.355. The molecule has 0 spiro atoms. The van der Waals surface area contributed by atoms with Crippen LogP contribution < -0.4 is 5.32 Å². The van der Waals surface area contributed by atoms with E-state index in [1.807, 2.05) is 0 Å². The predicted molar refractivity (Wildman–Crippen MR) is 109 cm³/mol. The second kappa shape index (κ2) is 8.49. The maximum atomic E-state index is 12.6. The van der Waals surface area contributed by atoms with Crippen molar-refractivity contribution in [1.29, 1.82) is 0 Å². The van der Waals surface area contributed by atoms with Crippen molar-refractivity contribution >= 4 is 40.7 Å². The van der Waals surface area contributed by atoms with E-state index >= 15 is 0 Å². The number of rotatable bonds is 6. The SMILES string of the molecule is CC(NC(=O)c1ccc(Cl)cc1)C(O)(Cn1cncn1)c1ccc(Cl)cc1Cl. The van der Waals surface area contributed by atoms with Crippen LogP contribution in [0, 0.1) is 0 Å². The third kappa shape index (κ3) is 4.47. The number of aliphatic hydroxyl groups is 1. The molecule has 2 N–H and O–H groups in total. The van der Waals surface area contributed by atoms with Crippen molar-refractivity contribution in [1.82, 2.24) is 20.1 Å². The Hall–Kier alpha value is -2.12. The van der Waals surface area contributed by atoms with E-state index in [0.29, 0.717) is 21.2 Å². The van der Waals surface area contributed by atoms with Crippen LogP contribution >= 0.6 is 34.8 Å². The quantitative estimate of drug-likeness (QED) is 0.609. The Bertz CT molecular complexity index is 964. The van der Waals surface area contributed by atoms with Gasteiger partial charge in [-0.05, 0) is 43.3 Å². The molecule has 1 heterocycles. The number of amides is 1. The number of hydrogen-bond acceptors (Lipinski definition) is 4. The second-order valence-electron chi connectivity index (χ2n) is 6.34. The molecule has 0 bridgehead atoms. The summed E-state index contributed by atoms with van der Waals surface area (Å²) in [6, 6.07) is 10.5. The second-order valence-corrected chi connectivity index (χ2v) is 7.62. The Kier molecular flexibility index (Phi) is 6.25. The summed E-state index contributed by atoms with van der Waals surface area (Å²) in [5, 5.41) is 19.7. The average molecular weight is 440 g/mol. The van der Waals surface area contributed by atoms with Crippen LogP contribution in [-0.4, -0.2) is 31.8 Å². The zero-order valence-electron chi connectivity index (χ0n) is 14.8. The molecule has 1 aromatic heterocycles. The fourth-order valence-corrected chi connectivity index (χ4v) is 3.56. The molecule has 2 aromatic carbocycles. The standard InChI is InChI=1S/C19H17Cl3N4O2/c1-12(25-18(27)13-2-4-14(20)5-3-13)19(28,9-26-11-23-10-24-26)16-7-6-15(21)8-17(16)22/h2-8,10-12,28H,9H2,1H3,(H,25,27). The minimum Gasteiger partial charge on any atom is -0.381 e. The number of benzene rings is 2. The van der Waals surface area contributed by atoms with E-state index in [0.717, 1.165) is 0 Å². The number of carbonyl (C=O) groups is 1. The molecule has 1 amide bonds. The molecule has 0 aliphatic carbocycles. The summed E-state index contributed by atoms with van der Waals surface area (Å²) >= 11 is 18.2. The lowest BCUT2D eigenvalue weighted by Crippen LogP contribution is -2.51. The molecule has 28 heavy (non-hydrogen) atoms. The van der Waals surface area contributed by atoms with Gasteiger partial charge in [0.25, 0.3) is 5.91 Å². The van der Waals surface area contributed by atoms with E-state index in [4.69, 9.17) is 34.8 Å². The summed E-state index contributed by atoms with van der Waals surface area (Å²) in [6.45, 7) is 1.71. The highest BCUT2D eigenvalue weighted by Gasteiger charge is 2.39. The number of halogens is 3. The van der Waals surface area contributed by atoms with Gasteiger partial charge in [-0.25, -0.2) is 9.67 Å². The van der Waals surface area contributed by atoms with Gasteiger partial charge in [0.1, 0.15) is 18.3 Å². The van der Waals surface area contributed by atoms with Gasteiger partial charge in [0.05, 0.1) is 12.6 Å². The molecule has 2 atom stereocenters. The van der Waals surface area contributed by atoms with Crippen LogP contribution in [0.4, 0.5) is 0 Å².